The van der Waals surface area contributed by atoms with Crippen molar-refractivity contribution in [3.05, 3.63) is 52.5 Å². The second kappa shape index (κ2) is 5.64. The lowest BCUT2D eigenvalue weighted by atomic mass is 9.99. The van der Waals surface area contributed by atoms with Crippen molar-refractivity contribution in [2.24, 2.45) is 5.73 Å². The molecule has 0 aliphatic heterocycles. The molecule has 0 aliphatic rings. The van der Waals surface area contributed by atoms with Crippen LogP contribution in [0.1, 0.15) is 24.1 Å². The molecule has 0 radical (unpaired) electrons. The Balaban J connectivity index is 2.49. The summed E-state index contributed by atoms with van der Waals surface area (Å²) in [6.45, 7) is 3.96. The van der Waals surface area contributed by atoms with Crippen molar-refractivity contribution in [2.45, 2.75) is 19.9 Å². The SMILES string of the molecule is COc1cc(Cl)c(C)cc1-c1ccc(C(C)N)cc1. The maximum atomic E-state index is 6.12. The molecule has 19 heavy (non-hydrogen) atoms. The van der Waals surface area contributed by atoms with Gasteiger partial charge < -0.3 is 10.5 Å². The molecule has 2 aromatic carbocycles. The lowest BCUT2D eigenvalue weighted by molar-refractivity contribution is 0.416. The molecule has 0 bridgehead atoms. The van der Waals surface area contributed by atoms with Crippen molar-refractivity contribution in [1.29, 1.82) is 0 Å². The van der Waals surface area contributed by atoms with Crippen LogP contribution in [-0.4, -0.2) is 7.11 Å². The molecule has 100 valence electrons. The third-order valence-electron chi connectivity index (χ3n) is 3.23. The Hall–Kier alpha value is -1.51. The van der Waals surface area contributed by atoms with Gasteiger partial charge in [0.15, 0.2) is 0 Å². The summed E-state index contributed by atoms with van der Waals surface area (Å²) in [6.07, 6.45) is 0. The number of hydrogen-bond donors (Lipinski definition) is 1. The monoisotopic (exact) mass is 275 g/mol. The van der Waals surface area contributed by atoms with Crippen LogP contribution in [0.2, 0.25) is 5.02 Å². The molecule has 2 rings (SSSR count). The van der Waals surface area contributed by atoms with E-state index in [-0.39, 0.29) is 6.04 Å². The van der Waals surface area contributed by atoms with Crippen molar-refractivity contribution >= 4 is 11.6 Å². The highest BCUT2D eigenvalue weighted by Crippen LogP contribution is 2.34. The molecule has 2 aromatic rings. The van der Waals surface area contributed by atoms with Crippen LogP contribution < -0.4 is 10.5 Å². The Labute approximate surface area is 119 Å². The van der Waals surface area contributed by atoms with Gasteiger partial charge in [-0.3, -0.25) is 0 Å². The quantitative estimate of drug-likeness (QED) is 0.904. The summed E-state index contributed by atoms with van der Waals surface area (Å²) in [7, 11) is 1.65. The van der Waals surface area contributed by atoms with Crippen molar-refractivity contribution in [3.8, 4) is 16.9 Å². The van der Waals surface area contributed by atoms with E-state index < -0.39 is 0 Å². The van der Waals surface area contributed by atoms with Crippen molar-refractivity contribution in [3.63, 3.8) is 0 Å². The maximum absolute atomic E-state index is 6.12. The normalized spacial score (nSPS) is 12.3. The average Bonchev–Trinajstić information content (AvgIpc) is 2.41. The first-order chi connectivity index (χ1) is 9.02. The Kier molecular flexibility index (Phi) is 4.13. The number of aryl methyl sites for hydroxylation is 1. The van der Waals surface area contributed by atoms with Gasteiger partial charge in [0.1, 0.15) is 5.75 Å². The summed E-state index contributed by atoms with van der Waals surface area (Å²) in [4.78, 5) is 0. The summed E-state index contributed by atoms with van der Waals surface area (Å²) in [5, 5.41) is 0.716. The van der Waals surface area contributed by atoms with Crippen molar-refractivity contribution in [1.82, 2.24) is 0 Å². The van der Waals surface area contributed by atoms with Crippen LogP contribution in [0, 0.1) is 6.92 Å². The van der Waals surface area contributed by atoms with E-state index in [1.165, 1.54) is 0 Å². The topological polar surface area (TPSA) is 35.2 Å². The zero-order chi connectivity index (χ0) is 14.0. The fourth-order valence-corrected chi connectivity index (χ4v) is 2.18. The van der Waals surface area contributed by atoms with E-state index in [0.29, 0.717) is 5.02 Å². The summed E-state index contributed by atoms with van der Waals surface area (Å²) in [6, 6.07) is 12.1. The maximum Gasteiger partial charge on any atom is 0.128 e. The molecule has 0 amide bonds. The van der Waals surface area contributed by atoms with E-state index in [2.05, 4.69) is 12.1 Å². The highest BCUT2D eigenvalue weighted by Gasteiger charge is 2.09. The third-order valence-corrected chi connectivity index (χ3v) is 3.64. The van der Waals surface area contributed by atoms with Gasteiger partial charge in [-0.2, -0.15) is 0 Å². The van der Waals surface area contributed by atoms with E-state index in [0.717, 1.165) is 28.0 Å². The molecule has 2 N–H and O–H groups in total. The Morgan fingerprint density at radius 1 is 1.16 bits per heavy atom. The van der Waals surface area contributed by atoms with Gasteiger partial charge in [-0.15, -0.1) is 0 Å². The van der Waals surface area contributed by atoms with Gasteiger partial charge >= 0.3 is 0 Å². The smallest absolute Gasteiger partial charge is 0.128 e. The second-order valence-corrected chi connectivity index (χ2v) is 5.12. The largest absolute Gasteiger partial charge is 0.496 e. The number of ether oxygens (including phenoxy) is 1. The van der Waals surface area contributed by atoms with Gasteiger partial charge in [0.25, 0.3) is 0 Å². The van der Waals surface area contributed by atoms with Crippen LogP contribution in [0.5, 0.6) is 5.75 Å². The van der Waals surface area contributed by atoms with Crippen LogP contribution in [0.25, 0.3) is 11.1 Å². The number of hydrogen-bond acceptors (Lipinski definition) is 2. The predicted octanol–water partition coefficient (Wildman–Crippen LogP) is 4.34. The molecule has 2 nitrogen and oxygen atoms in total. The first-order valence-corrected chi connectivity index (χ1v) is 6.60. The first kappa shape index (κ1) is 13.9. The zero-order valence-electron chi connectivity index (χ0n) is 11.4. The van der Waals surface area contributed by atoms with E-state index in [9.17, 15) is 0 Å². The molecule has 0 spiro atoms. The average molecular weight is 276 g/mol. The number of rotatable bonds is 3. The van der Waals surface area contributed by atoms with Crippen LogP contribution in [0.15, 0.2) is 36.4 Å². The molecule has 1 atom stereocenters. The Morgan fingerprint density at radius 2 is 1.79 bits per heavy atom. The minimum Gasteiger partial charge on any atom is -0.496 e. The molecule has 0 aliphatic carbocycles. The summed E-state index contributed by atoms with van der Waals surface area (Å²) >= 11 is 6.12. The summed E-state index contributed by atoms with van der Waals surface area (Å²) in [5.74, 6) is 0.782. The number of benzene rings is 2. The van der Waals surface area contributed by atoms with E-state index in [1.54, 1.807) is 7.11 Å². The molecule has 0 saturated heterocycles. The first-order valence-electron chi connectivity index (χ1n) is 6.23. The van der Waals surface area contributed by atoms with Crippen LogP contribution in [0.4, 0.5) is 0 Å². The number of nitrogens with two attached hydrogens (primary N) is 1. The number of methoxy groups -OCH3 is 1. The van der Waals surface area contributed by atoms with Gasteiger partial charge in [-0.1, -0.05) is 35.9 Å². The minimum absolute atomic E-state index is 0.0444. The Bertz CT molecular complexity index is 576. The highest BCUT2D eigenvalue weighted by molar-refractivity contribution is 6.31. The minimum atomic E-state index is 0.0444. The number of halogens is 1. The highest BCUT2D eigenvalue weighted by atomic mass is 35.5. The zero-order valence-corrected chi connectivity index (χ0v) is 12.2. The fraction of sp³-hybridized carbons (Fsp3) is 0.250. The third kappa shape index (κ3) is 2.91. The molecule has 0 heterocycles. The molecule has 0 saturated carbocycles. The van der Waals surface area contributed by atoms with Gasteiger partial charge in [-0.25, -0.2) is 0 Å². The van der Waals surface area contributed by atoms with Crippen LogP contribution in [0.3, 0.4) is 0 Å². The predicted molar refractivity (Wildman–Crippen MR) is 80.8 cm³/mol. The second-order valence-electron chi connectivity index (χ2n) is 4.71. The van der Waals surface area contributed by atoms with E-state index >= 15 is 0 Å². The molecule has 0 aromatic heterocycles. The van der Waals surface area contributed by atoms with E-state index in [1.807, 2.05) is 38.1 Å². The van der Waals surface area contributed by atoms with Crippen molar-refractivity contribution < 1.29 is 4.74 Å². The Morgan fingerprint density at radius 3 is 2.32 bits per heavy atom. The van der Waals surface area contributed by atoms with Crippen LogP contribution in [-0.2, 0) is 0 Å². The van der Waals surface area contributed by atoms with Crippen molar-refractivity contribution in [2.75, 3.05) is 7.11 Å². The summed E-state index contributed by atoms with van der Waals surface area (Å²) < 4.78 is 5.40. The lowest BCUT2D eigenvalue weighted by Crippen LogP contribution is -2.04. The molecule has 1 unspecified atom stereocenters. The molecular weight excluding hydrogens is 258 g/mol. The molecular formula is C16H18ClNO. The summed E-state index contributed by atoms with van der Waals surface area (Å²) in [5.41, 5.74) is 10.2. The van der Waals surface area contributed by atoms with Gasteiger partial charge in [0, 0.05) is 16.6 Å². The van der Waals surface area contributed by atoms with E-state index in [4.69, 9.17) is 22.1 Å². The van der Waals surface area contributed by atoms with Gasteiger partial charge in [0.05, 0.1) is 7.11 Å². The standard InChI is InChI=1S/C16H18ClNO/c1-10-8-14(16(19-3)9-15(10)17)13-6-4-12(5-7-13)11(2)18/h4-9,11H,18H2,1-3H3. The van der Waals surface area contributed by atoms with Gasteiger partial charge in [0.2, 0.25) is 0 Å². The molecule has 3 heteroatoms. The fourth-order valence-electron chi connectivity index (χ4n) is 2.02. The molecule has 0 fully saturated rings. The van der Waals surface area contributed by atoms with Crippen LogP contribution >= 0.6 is 11.6 Å². The lowest BCUT2D eigenvalue weighted by Gasteiger charge is -2.12. The van der Waals surface area contributed by atoms with Gasteiger partial charge in [-0.05, 0) is 42.7 Å².